The zero-order valence-electron chi connectivity index (χ0n) is 15.0. The number of amides is 2. The van der Waals surface area contributed by atoms with Crippen molar-refractivity contribution in [3.8, 4) is 5.75 Å². The molecule has 5 heteroatoms. The third kappa shape index (κ3) is 2.01. The van der Waals surface area contributed by atoms with Crippen LogP contribution in [0.3, 0.4) is 0 Å². The lowest BCUT2D eigenvalue weighted by atomic mass is 9.80. The second-order valence-corrected chi connectivity index (χ2v) is 7.06. The number of hydrogen-bond donors (Lipinski definition) is 0. The summed E-state index contributed by atoms with van der Waals surface area (Å²) in [7, 11) is 1.68. The molecule has 2 amide bonds. The van der Waals surface area contributed by atoms with Crippen LogP contribution in [0.25, 0.3) is 5.57 Å². The van der Waals surface area contributed by atoms with Gasteiger partial charge in [-0.15, -0.1) is 0 Å². The Morgan fingerprint density at radius 3 is 2.64 bits per heavy atom. The molecule has 1 aromatic rings. The fraction of sp³-hybridized carbons (Fsp3) is 0.500. The van der Waals surface area contributed by atoms with Crippen LogP contribution < -0.4 is 4.74 Å². The number of benzene rings is 1. The summed E-state index contributed by atoms with van der Waals surface area (Å²) in [5.41, 5.74) is 2.74. The summed E-state index contributed by atoms with van der Waals surface area (Å²) in [4.78, 5) is 26.2. The number of methoxy groups -OCH3 is 1. The van der Waals surface area contributed by atoms with Crippen LogP contribution in [0.1, 0.15) is 44.2 Å². The molecule has 25 heavy (non-hydrogen) atoms. The highest BCUT2D eigenvalue weighted by Crippen LogP contribution is 2.46. The second-order valence-electron chi connectivity index (χ2n) is 7.06. The van der Waals surface area contributed by atoms with Crippen molar-refractivity contribution in [3.63, 3.8) is 0 Å². The summed E-state index contributed by atoms with van der Waals surface area (Å²) in [6.45, 7) is 4.36. The Balaban J connectivity index is 1.76. The average molecular weight is 340 g/mol. The van der Waals surface area contributed by atoms with Gasteiger partial charge in [-0.05, 0) is 54.5 Å². The Morgan fingerprint density at radius 1 is 1.20 bits per heavy atom. The van der Waals surface area contributed by atoms with E-state index in [-0.39, 0.29) is 17.9 Å². The van der Waals surface area contributed by atoms with Crippen LogP contribution in [0.5, 0.6) is 5.75 Å². The molecule has 4 rings (SSSR count). The predicted octanol–water partition coefficient (Wildman–Crippen LogP) is 2.80. The van der Waals surface area contributed by atoms with Gasteiger partial charge in [0.05, 0.1) is 19.7 Å². The van der Waals surface area contributed by atoms with E-state index in [9.17, 15) is 9.59 Å². The predicted molar refractivity (Wildman–Crippen MR) is 94.7 cm³/mol. The Bertz CT molecular complexity index is 779. The lowest BCUT2D eigenvalue weighted by Gasteiger charge is -2.42. The van der Waals surface area contributed by atoms with Gasteiger partial charge in [0.25, 0.3) is 11.8 Å². The Labute approximate surface area is 148 Å². The Morgan fingerprint density at radius 2 is 1.96 bits per heavy atom. The second kappa shape index (κ2) is 5.61. The Hall–Kier alpha value is -2.30. The summed E-state index contributed by atoms with van der Waals surface area (Å²) < 4.78 is 5.34. The van der Waals surface area contributed by atoms with E-state index in [1.54, 1.807) is 17.1 Å². The maximum Gasteiger partial charge on any atom is 0.257 e. The van der Waals surface area contributed by atoms with Crippen LogP contribution in [-0.2, 0) is 16.0 Å². The number of hydrazine groups is 1. The molecule has 2 aliphatic heterocycles. The molecule has 1 saturated heterocycles. The number of fused-ring (bicyclic) bond motifs is 5. The molecule has 0 N–H and O–H groups in total. The van der Waals surface area contributed by atoms with E-state index in [0.717, 1.165) is 18.6 Å². The molecule has 3 aliphatic rings. The number of carbonyl (C=O) groups excluding carboxylic acids is 2. The lowest BCUT2D eigenvalue weighted by Crippen LogP contribution is -2.51. The van der Waals surface area contributed by atoms with Gasteiger partial charge >= 0.3 is 0 Å². The third-order valence-corrected chi connectivity index (χ3v) is 6.18. The zero-order chi connectivity index (χ0) is 17.8. The maximum absolute atomic E-state index is 13.2. The molecular weight excluding hydrogens is 316 g/mol. The summed E-state index contributed by atoms with van der Waals surface area (Å²) in [5, 5.41) is 3.44. The smallest absolute Gasteiger partial charge is 0.257 e. The molecule has 1 aliphatic carbocycles. The summed E-state index contributed by atoms with van der Waals surface area (Å²) in [6.07, 6.45) is 4.96. The number of nitrogens with zero attached hydrogens (tertiary/aromatic N) is 2. The highest BCUT2D eigenvalue weighted by Gasteiger charge is 2.59. The molecule has 0 spiro atoms. The van der Waals surface area contributed by atoms with E-state index in [4.69, 9.17) is 4.74 Å². The average Bonchev–Trinajstić information content (AvgIpc) is 2.88. The van der Waals surface area contributed by atoms with Gasteiger partial charge in [-0.1, -0.05) is 26.0 Å². The standard InChI is InChI=1S/C20H24N2O3/c1-4-20(5-2)18(23)21-11-10-16-15-8-7-14(25-3)12-13(15)6-9-17(16)22(21)19(20)24/h7-8,10,12,17H,4-6,9,11H2,1-3H3. The minimum Gasteiger partial charge on any atom is -0.497 e. The summed E-state index contributed by atoms with van der Waals surface area (Å²) in [5.74, 6) is 0.812. The van der Waals surface area contributed by atoms with Crippen molar-refractivity contribution in [1.29, 1.82) is 0 Å². The van der Waals surface area contributed by atoms with Gasteiger partial charge in [0.15, 0.2) is 0 Å². The quantitative estimate of drug-likeness (QED) is 0.795. The van der Waals surface area contributed by atoms with E-state index in [2.05, 4.69) is 18.2 Å². The van der Waals surface area contributed by atoms with Crippen LogP contribution in [0.15, 0.2) is 24.3 Å². The van der Waals surface area contributed by atoms with E-state index in [1.165, 1.54) is 16.7 Å². The van der Waals surface area contributed by atoms with Crippen LogP contribution in [0.4, 0.5) is 0 Å². The molecule has 1 aromatic carbocycles. The fourth-order valence-electron chi connectivity index (χ4n) is 4.60. The lowest BCUT2D eigenvalue weighted by molar-refractivity contribution is -0.149. The summed E-state index contributed by atoms with van der Waals surface area (Å²) in [6, 6.07) is 6.09. The molecule has 1 unspecified atom stereocenters. The molecule has 1 atom stereocenters. The van der Waals surface area contributed by atoms with Crippen LogP contribution >= 0.6 is 0 Å². The molecule has 0 radical (unpaired) electrons. The molecule has 1 fully saturated rings. The highest BCUT2D eigenvalue weighted by atomic mass is 16.5. The van der Waals surface area contributed by atoms with E-state index < -0.39 is 5.41 Å². The van der Waals surface area contributed by atoms with Gasteiger partial charge in [0.1, 0.15) is 11.2 Å². The molecule has 0 saturated carbocycles. The van der Waals surface area contributed by atoms with Gasteiger partial charge in [0.2, 0.25) is 0 Å². The number of aryl methyl sites for hydroxylation is 1. The topological polar surface area (TPSA) is 49.9 Å². The molecule has 2 heterocycles. The summed E-state index contributed by atoms with van der Waals surface area (Å²) >= 11 is 0. The normalized spacial score (nSPS) is 23.8. The number of carbonyl (C=O) groups is 2. The first kappa shape index (κ1) is 16.2. The van der Waals surface area contributed by atoms with E-state index in [1.807, 2.05) is 19.9 Å². The van der Waals surface area contributed by atoms with Crippen molar-refractivity contribution in [3.05, 3.63) is 35.4 Å². The highest BCUT2D eigenvalue weighted by molar-refractivity contribution is 6.10. The van der Waals surface area contributed by atoms with Crippen molar-refractivity contribution in [2.45, 2.75) is 45.6 Å². The largest absolute Gasteiger partial charge is 0.497 e. The van der Waals surface area contributed by atoms with Gasteiger partial charge < -0.3 is 4.74 Å². The van der Waals surface area contributed by atoms with Gasteiger partial charge in [0, 0.05) is 0 Å². The first-order chi connectivity index (χ1) is 12.1. The molecule has 132 valence electrons. The van der Waals surface area contributed by atoms with Crippen molar-refractivity contribution >= 4 is 17.4 Å². The van der Waals surface area contributed by atoms with Crippen molar-refractivity contribution < 1.29 is 14.3 Å². The maximum atomic E-state index is 13.2. The van der Waals surface area contributed by atoms with Gasteiger partial charge in [-0.25, -0.2) is 10.0 Å². The monoisotopic (exact) mass is 340 g/mol. The molecule has 5 nitrogen and oxygen atoms in total. The zero-order valence-corrected chi connectivity index (χ0v) is 15.0. The van der Waals surface area contributed by atoms with Gasteiger partial charge in [-0.3, -0.25) is 9.59 Å². The third-order valence-electron chi connectivity index (χ3n) is 6.18. The van der Waals surface area contributed by atoms with E-state index in [0.29, 0.717) is 19.4 Å². The molecule has 0 aromatic heterocycles. The minimum atomic E-state index is -0.872. The van der Waals surface area contributed by atoms with E-state index >= 15 is 0 Å². The fourth-order valence-corrected chi connectivity index (χ4v) is 4.60. The molecule has 0 bridgehead atoms. The van der Waals surface area contributed by atoms with Crippen molar-refractivity contribution in [2.75, 3.05) is 13.7 Å². The number of rotatable bonds is 3. The first-order valence-corrected chi connectivity index (χ1v) is 9.10. The van der Waals surface area contributed by atoms with Crippen molar-refractivity contribution in [1.82, 2.24) is 10.0 Å². The van der Waals surface area contributed by atoms with Crippen LogP contribution in [0, 0.1) is 5.41 Å². The van der Waals surface area contributed by atoms with Gasteiger partial charge in [-0.2, -0.15) is 0 Å². The Kier molecular flexibility index (Phi) is 3.63. The SMILES string of the molecule is CCC1(CC)C(=O)N2CC=C3c4ccc(OC)cc4CCC3N2C1=O. The number of hydrogen-bond acceptors (Lipinski definition) is 3. The van der Waals surface area contributed by atoms with Crippen molar-refractivity contribution in [2.24, 2.45) is 5.41 Å². The van der Waals surface area contributed by atoms with Crippen LogP contribution in [-0.4, -0.2) is 41.5 Å². The van der Waals surface area contributed by atoms with Crippen LogP contribution in [0.2, 0.25) is 0 Å². The number of ether oxygens (including phenoxy) is 1. The first-order valence-electron chi connectivity index (χ1n) is 9.10. The molecular formula is C20H24N2O3. The minimum absolute atomic E-state index is 0.0185.